The molecule has 3 aliphatic rings. The molecule has 1 aromatic heterocycles. The Morgan fingerprint density at radius 1 is 1.18 bits per heavy atom. The summed E-state index contributed by atoms with van der Waals surface area (Å²) in [6.07, 6.45) is 4.62. The van der Waals surface area contributed by atoms with Crippen LogP contribution in [-0.2, 0) is 17.8 Å². The van der Waals surface area contributed by atoms with E-state index in [2.05, 4.69) is 45.2 Å². The number of fused-ring (bicyclic) bond motifs is 4. The molecule has 3 fully saturated rings. The number of hydrogen-bond donors (Lipinski definition) is 1. The van der Waals surface area contributed by atoms with Crippen molar-refractivity contribution >= 4 is 11.7 Å². The first-order valence-corrected chi connectivity index (χ1v) is 10.4. The molecule has 0 unspecified atom stereocenters. The summed E-state index contributed by atoms with van der Waals surface area (Å²) in [7, 11) is 0. The van der Waals surface area contributed by atoms with Crippen molar-refractivity contribution in [3.8, 4) is 0 Å². The van der Waals surface area contributed by atoms with Gasteiger partial charge < -0.3 is 15.5 Å². The van der Waals surface area contributed by atoms with Gasteiger partial charge in [-0.1, -0.05) is 30.3 Å². The van der Waals surface area contributed by atoms with Crippen molar-refractivity contribution in [1.82, 2.24) is 19.6 Å². The second-order valence-electron chi connectivity index (χ2n) is 8.36. The highest BCUT2D eigenvalue weighted by atomic mass is 16.2. The fourth-order valence-electron chi connectivity index (χ4n) is 4.73. The Labute approximate surface area is 167 Å². The van der Waals surface area contributed by atoms with Crippen LogP contribution in [0.1, 0.15) is 30.5 Å². The zero-order valence-electron chi connectivity index (χ0n) is 16.8. The van der Waals surface area contributed by atoms with E-state index in [-0.39, 0.29) is 12.5 Å². The van der Waals surface area contributed by atoms with Crippen LogP contribution in [0.5, 0.6) is 0 Å². The number of benzene rings is 1. The Morgan fingerprint density at radius 3 is 2.75 bits per heavy atom. The van der Waals surface area contributed by atoms with E-state index >= 15 is 0 Å². The van der Waals surface area contributed by atoms with Crippen LogP contribution in [0, 0.1) is 12.8 Å². The number of nitrogen functional groups attached to an aromatic ring is 1. The van der Waals surface area contributed by atoms with Crippen molar-refractivity contribution < 1.29 is 4.79 Å². The SMILES string of the molecule is Cc1cc(N)n(CC(=O)N2C[C@H]3CC[C@@H]2CN(CCCc2ccccc2)C3)n1. The lowest BCUT2D eigenvalue weighted by Gasteiger charge is -2.36. The molecule has 3 aliphatic heterocycles. The summed E-state index contributed by atoms with van der Waals surface area (Å²) in [5, 5.41) is 4.35. The van der Waals surface area contributed by atoms with Crippen molar-refractivity contribution in [2.45, 2.75) is 45.2 Å². The van der Waals surface area contributed by atoms with Gasteiger partial charge in [0, 0.05) is 31.7 Å². The Kier molecular flexibility index (Phi) is 5.67. The zero-order valence-corrected chi connectivity index (χ0v) is 16.8. The highest BCUT2D eigenvalue weighted by molar-refractivity contribution is 5.77. The molecule has 2 atom stereocenters. The standard InChI is InChI=1S/C22H31N5O/c1-17-12-21(23)27(24-17)16-22(28)26-14-19-9-10-20(26)15-25(13-19)11-5-8-18-6-3-2-4-7-18/h2-4,6-7,12,19-20H,5,8-11,13-16,23H2,1H3/t19-,20+/m0/s1. The van der Waals surface area contributed by atoms with E-state index in [4.69, 9.17) is 5.73 Å². The second kappa shape index (κ2) is 8.35. The molecule has 0 aliphatic carbocycles. The summed E-state index contributed by atoms with van der Waals surface area (Å²) in [5.74, 6) is 1.29. The van der Waals surface area contributed by atoms with Crippen molar-refractivity contribution in [3.05, 3.63) is 47.7 Å². The van der Waals surface area contributed by atoms with Crippen LogP contribution in [0.3, 0.4) is 0 Å². The number of rotatable bonds is 6. The number of amides is 1. The number of carbonyl (C=O) groups is 1. The molecular formula is C22H31N5O. The van der Waals surface area contributed by atoms with Crippen LogP contribution in [0.15, 0.2) is 36.4 Å². The highest BCUT2D eigenvalue weighted by Crippen LogP contribution is 2.28. The van der Waals surface area contributed by atoms with Crippen LogP contribution in [0.2, 0.25) is 0 Å². The fraction of sp³-hybridized carbons (Fsp3) is 0.545. The molecule has 2 N–H and O–H groups in total. The Hall–Kier alpha value is -2.34. The highest BCUT2D eigenvalue weighted by Gasteiger charge is 2.37. The third-order valence-electron chi connectivity index (χ3n) is 6.11. The zero-order chi connectivity index (χ0) is 19.5. The van der Waals surface area contributed by atoms with Crippen molar-refractivity contribution in [2.75, 3.05) is 31.9 Å². The molecule has 6 heteroatoms. The van der Waals surface area contributed by atoms with Crippen LogP contribution >= 0.6 is 0 Å². The van der Waals surface area contributed by atoms with Crippen LogP contribution < -0.4 is 5.73 Å². The third kappa shape index (κ3) is 4.38. The minimum atomic E-state index is 0.149. The van der Waals surface area contributed by atoms with Crippen molar-refractivity contribution in [2.24, 2.45) is 5.92 Å². The Bertz CT molecular complexity index is 803. The lowest BCUT2D eigenvalue weighted by molar-refractivity contribution is -0.136. The van der Waals surface area contributed by atoms with E-state index in [0.29, 0.717) is 17.8 Å². The molecule has 4 heterocycles. The average molecular weight is 382 g/mol. The average Bonchev–Trinajstić information content (AvgIpc) is 2.85. The fourth-order valence-corrected chi connectivity index (χ4v) is 4.73. The Balaban J connectivity index is 1.33. The monoisotopic (exact) mass is 381 g/mol. The van der Waals surface area contributed by atoms with E-state index in [1.807, 2.05) is 13.0 Å². The second-order valence-corrected chi connectivity index (χ2v) is 8.36. The molecule has 3 saturated heterocycles. The molecule has 0 radical (unpaired) electrons. The molecule has 0 spiro atoms. The van der Waals surface area contributed by atoms with Gasteiger partial charge in [-0.05, 0) is 50.6 Å². The summed E-state index contributed by atoms with van der Waals surface area (Å²) in [5.41, 5.74) is 8.23. The molecule has 1 amide bonds. The van der Waals surface area contributed by atoms with E-state index in [9.17, 15) is 4.79 Å². The van der Waals surface area contributed by atoms with E-state index in [1.165, 1.54) is 18.4 Å². The maximum atomic E-state index is 13.0. The predicted molar refractivity (Wildman–Crippen MR) is 111 cm³/mol. The Morgan fingerprint density at radius 2 is 2.00 bits per heavy atom. The van der Waals surface area contributed by atoms with E-state index in [1.54, 1.807) is 4.68 Å². The normalized spacial score (nSPS) is 22.4. The van der Waals surface area contributed by atoms with Gasteiger partial charge in [-0.2, -0.15) is 5.10 Å². The summed E-state index contributed by atoms with van der Waals surface area (Å²) in [6, 6.07) is 12.8. The number of anilines is 1. The third-order valence-corrected chi connectivity index (χ3v) is 6.11. The minimum absolute atomic E-state index is 0.149. The molecule has 0 saturated carbocycles. The predicted octanol–water partition coefficient (Wildman–Crippen LogP) is 2.33. The summed E-state index contributed by atoms with van der Waals surface area (Å²) >= 11 is 0. The van der Waals surface area contributed by atoms with Crippen molar-refractivity contribution in [3.63, 3.8) is 0 Å². The van der Waals surface area contributed by atoms with Gasteiger partial charge in [0.2, 0.25) is 5.91 Å². The maximum absolute atomic E-state index is 13.0. The van der Waals surface area contributed by atoms with Gasteiger partial charge in [-0.25, -0.2) is 4.68 Å². The van der Waals surface area contributed by atoms with Gasteiger partial charge >= 0.3 is 0 Å². The molecule has 28 heavy (non-hydrogen) atoms. The van der Waals surface area contributed by atoms with E-state index < -0.39 is 0 Å². The van der Waals surface area contributed by atoms with Crippen molar-refractivity contribution in [1.29, 1.82) is 0 Å². The van der Waals surface area contributed by atoms with Gasteiger partial charge in [0.05, 0.1) is 5.69 Å². The minimum Gasteiger partial charge on any atom is -0.384 e. The first kappa shape index (κ1) is 19.0. The summed E-state index contributed by atoms with van der Waals surface area (Å²) in [6.45, 7) is 6.23. The number of hydrogen-bond acceptors (Lipinski definition) is 4. The molecular weight excluding hydrogens is 350 g/mol. The first-order chi connectivity index (χ1) is 13.6. The molecule has 1 aromatic carbocycles. The molecule has 6 nitrogen and oxygen atoms in total. The van der Waals surface area contributed by atoms with E-state index in [0.717, 1.165) is 44.7 Å². The smallest absolute Gasteiger partial charge is 0.244 e. The van der Waals surface area contributed by atoms with Crippen LogP contribution in [-0.4, -0.2) is 57.7 Å². The largest absolute Gasteiger partial charge is 0.384 e. The summed E-state index contributed by atoms with van der Waals surface area (Å²) in [4.78, 5) is 17.6. The molecule has 2 aromatic rings. The van der Waals surface area contributed by atoms with Gasteiger partial charge in [0.15, 0.2) is 0 Å². The lowest BCUT2D eigenvalue weighted by atomic mass is 9.95. The number of piperidine rings is 1. The number of nitrogens with two attached hydrogens (primary N) is 1. The molecule has 150 valence electrons. The maximum Gasteiger partial charge on any atom is 0.244 e. The van der Waals surface area contributed by atoms with Gasteiger partial charge in [0.1, 0.15) is 12.4 Å². The van der Waals surface area contributed by atoms with Crippen LogP contribution in [0.25, 0.3) is 0 Å². The van der Waals surface area contributed by atoms with Crippen LogP contribution in [0.4, 0.5) is 5.82 Å². The van der Waals surface area contributed by atoms with Gasteiger partial charge in [-0.3, -0.25) is 4.79 Å². The van der Waals surface area contributed by atoms with Gasteiger partial charge in [0.25, 0.3) is 0 Å². The number of nitrogens with zero attached hydrogens (tertiary/aromatic N) is 4. The topological polar surface area (TPSA) is 67.4 Å². The first-order valence-electron chi connectivity index (χ1n) is 10.4. The van der Waals surface area contributed by atoms with Gasteiger partial charge in [-0.15, -0.1) is 0 Å². The quantitative estimate of drug-likeness (QED) is 0.834. The number of carbonyl (C=O) groups excluding carboxylic acids is 1. The number of aromatic nitrogens is 2. The lowest BCUT2D eigenvalue weighted by Crippen LogP contribution is -2.48. The molecule has 2 bridgehead atoms. The number of aryl methyl sites for hydroxylation is 2. The summed E-state index contributed by atoms with van der Waals surface area (Å²) < 4.78 is 1.63. The molecule has 5 rings (SSSR count).